The normalized spacial score (nSPS) is 11.7. The van der Waals surface area contributed by atoms with Crippen molar-refractivity contribution < 1.29 is 8.42 Å². The summed E-state index contributed by atoms with van der Waals surface area (Å²) >= 11 is 0. The molecule has 26 heavy (non-hydrogen) atoms. The first-order valence-corrected chi connectivity index (χ1v) is 9.69. The summed E-state index contributed by atoms with van der Waals surface area (Å²) in [5, 5.41) is 0. The van der Waals surface area contributed by atoms with Crippen LogP contribution in [0.3, 0.4) is 0 Å². The van der Waals surface area contributed by atoms with E-state index >= 15 is 0 Å². The first-order chi connectivity index (χ1) is 12.4. The number of rotatable bonds is 3. The van der Waals surface area contributed by atoms with E-state index in [-0.39, 0.29) is 10.7 Å². The fraction of sp³-hybridized carbons (Fsp3) is 0.0556. The number of benzene rings is 2. The lowest BCUT2D eigenvalue weighted by molar-refractivity contribution is 0.602. The van der Waals surface area contributed by atoms with Gasteiger partial charge >= 0.3 is 0 Å². The number of sulfone groups is 1. The van der Waals surface area contributed by atoms with Crippen molar-refractivity contribution in [1.29, 1.82) is 0 Å². The SMILES string of the molecule is CS(=O)(=O)c1ccc(-c2cnc(N)c(-c3nc4ccccc4[nH]3)n2)cc1. The minimum atomic E-state index is -3.25. The van der Waals surface area contributed by atoms with E-state index in [1.165, 1.54) is 6.26 Å². The van der Waals surface area contributed by atoms with Crippen LogP contribution in [0.15, 0.2) is 59.6 Å². The van der Waals surface area contributed by atoms with Crippen molar-refractivity contribution in [3.05, 3.63) is 54.7 Å². The second-order valence-corrected chi connectivity index (χ2v) is 7.90. The van der Waals surface area contributed by atoms with Crippen LogP contribution in [0.25, 0.3) is 33.8 Å². The highest BCUT2D eigenvalue weighted by Gasteiger charge is 2.14. The van der Waals surface area contributed by atoms with Gasteiger partial charge in [-0.25, -0.2) is 23.4 Å². The van der Waals surface area contributed by atoms with Crippen molar-refractivity contribution in [3.8, 4) is 22.8 Å². The molecule has 0 fully saturated rings. The Morgan fingerprint density at radius 3 is 2.42 bits per heavy atom. The van der Waals surface area contributed by atoms with Crippen LogP contribution in [0.5, 0.6) is 0 Å². The second-order valence-electron chi connectivity index (χ2n) is 5.89. The predicted octanol–water partition coefficient (Wildman–Crippen LogP) is 2.67. The maximum Gasteiger partial charge on any atom is 0.175 e. The van der Waals surface area contributed by atoms with E-state index in [0.29, 0.717) is 17.2 Å². The maximum absolute atomic E-state index is 11.6. The Morgan fingerprint density at radius 2 is 1.73 bits per heavy atom. The van der Waals surface area contributed by atoms with Crippen molar-refractivity contribution in [1.82, 2.24) is 19.9 Å². The number of imidazole rings is 1. The molecule has 0 atom stereocenters. The van der Waals surface area contributed by atoms with Crippen molar-refractivity contribution in [2.75, 3.05) is 12.0 Å². The number of hydrogen-bond acceptors (Lipinski definition) is 6. The second kappa shape index (κ2) is 5.92. The standard InChI is InChI=1S/C18H15N5O2S/c1-26(24,25)12-8-6-11(7-9-12)15-10-20-17(19)16(21-15)18-22-13-4-2-3-5-14(13)23-18/h2-10H,1H3,(H2,19,20)(H,22,23). The largest absolute Gasteiger partial charge is 0.382 e. The van der Waals surface area contributed by atoms with E-state index in [1.807, 2.05) is 24.3 Å². The highest BCUT2D eigenvalue weighted by molar-refractivity contribution is 7.90. The lowest BCUT2D eigenvalue weighted by Crippen LogP contribution is -2.00. The van der Waals surface area contributed by atoms with E-state index in [1.54, 1.807) is 30.5 Å². The molecule has 2 aromatic heterocycles. The number of nitrogens with two attached hydrogens (primary N) is 1. The Labute approximate surface area is 149 Å². The van der Waals surface area contributed by atoms with Gasteiger partial charge in [-0.1, -0.05) is 24.3 Å². The fourth-order valence-corrected chi connectivity index (χ4v) is 3.28. The number of aromatic amines is 1. The number of nitrogens with zero attached hydrogens (tertiary/aromatic N) is 3. The van der Waals surface area contributed by atoms with Gasteiger partial charge in [0.1, 0.15) is 5.69 Å². The molecule has 0 radical (unpaired) electrons. The number of nitrogen functional groups attached to an aromatic ring is 1. The van der Waals surface area contributed by atoms with Crippen LogP contribution < -0.4 is 5.73 Å². The predicted molar refractivity (Wildman–Crippen MR) is 100 cm³/mol. The third kappa shape index (κ3) is 2.91. The van der Waals surface area contributed by atoms with Gasteiger partial charge in [0.2, 0.25) is 0 Å². The van der Waals surface area contributed by atoms with Crippen LogP contribution in [0.2, 0.25) is 0 Å². The van der Waals surface area contributed by atoms with Gasteiger partial charge in [-0.15, -0.1) is 0 Å². The Morgan fingerprint density at radius 1 is 1.00 bits per heavy atom. The van der Waals surface area contributed by atoms with E-state index in [9.17, 15) is 8.42 Å². The van der Waals surface area contributed by atoms with E-state index in [0.717, 1.165) is 16.6 Å². The summed E-state index contributed by atoms with van der Waals surface area (Å²) in [6, 6.07) is 14.1. The minimum Gasteiger partial charge on any atom is -0.382 e. The van der Waals surface area contributed by atoms with Gasteiger partial charge in [-0.2, -0.15) is 0 Å². The maximum atomic E-state index is 11.6. The van der Waals surface area contributed by atoms with Gasteiger partial charge in [-0.3, -0.25) is 0 Å². The van der Waals surface area contributed by atoms with Crippen molar-refractivity contribution in [2.24, 2.45) is 0 Å². The number of fused-ring (bicyclic) bond motifs is 1. The molecule has 0 amide bonds. The average molecular weight is 365 g/mol. The van der Waals surface area contributed by atoms with Crippen molar-refractivity contribution in [3.63, 3.8) is 0 Å². The molecule has 2 aromatic carbocycles. The van der Waals surface area contributed by atoms with Gasteiger partial charge in [0.05, 0.1) is 27.8 Å². The van der Waals surface area contributed by atoms with Gasteiger partial charge in [-0.05, 0) is 24.3 Å². The monoisotopic (exact) mass is 365 g/mol. The van der Waals surface area contributed by atoms with Gasteiger partial charge in [0, 0.05) is 11.8 Å². The molecule has 2 heterocycles. The molecule has 0 spiro atoms. The van der Waals surface area contributed by atoms with Gasteiger partial charge in [0.15, 0.2) is 21.5 Å². The zero-order valence-electron chi connectivity index (χ0n) is 13.8. The third-order valence-corrected chi connectivity index (χ3v) is 5.12. The summed E-state index contributed by atoms with van der Waals surface area (Å²) in [5.41, 5.74) is 9.45. The summed E-state index contributed by atoms with van der Waals surface area (Å²) < 4.78 is 23.2. The summed E-state index contributed by atoms with van der Waals surface area (Å²) in [6.45, 7) is 0. The Hall–Kier alpha value is -3.26. The number of nitrogens with one attached hydrogen (secondary N) is 1. The molecule has 4 rings (SSSR count). The quantitative estimate of drug-likeness (QED) is 0.577. The first kappa shape index (κ1) is 16.2. The van der Waals surface area contributed by atoms with Crippen LogP contribution in [-0.4, -0.2) is 34.6 Å². The highest BCUT2D eigenvalue weighted by Crippen LogP contribution is 2.26. The summed E-state index contributed by atoms with van der Waals surface area (Å²) in [4.78, 5) is 16.7. The molecule has 130 valence electrons. The molecule has 0 aliphatic carbocycles. The van der Waals surface area contributed by atoms with Gasteiger partial charge < -0.3 is 10.7 Å². The topological polar surface area (TPSA) is 115 Å². The van der Waals surface area contributed by atoms with Crippen LogP contribution in [-0.2, 0) is 9.84 Å². The number of H-pyrrole nitrogens is 1. The van der Waals surface area contributed by atoms with Crippen LogP contribution in [0.4, 0.5) is 5.82 Å². The molecule has 3 N–H and O–H groups in total. The smallest absolute Gasteiger partial charge is 0.175 e. The van der Waals surface area contributed by atoms with Crippen molar-refractivity contribution >= 4 is 26.7 Å². The zero-order chi connectivity index (χ0) is 18.3. The Kier molecular flexibility index (Phi) is 3.69. The van der Waals surface area contributed by atoms with E-state index in [2.05, 4.69) is 19.9 Å². The molecular formula is C18H15N5O2S. The molecule has 0 saturated carbocycles. The lowest BCUT2D eigenvalue weighted by Gasteiger charge is -2.06. The minimum absolute atomic E-state index is 0.252. The van der Waals surface area contributed by atoms with E-state index in [4.69, 9.17) is 5.73 Å². The summed E-state index contributed by atoms with van der Waals surface area (Å²) in [7, 11) is -3.25. The molecule has 0 aliphatic rings. The molecule has 0 bridgehead atoms. The Bertz CT molecular complexity index is 1180. The summed E-state index contributed by atoms with van der Waals surface area (Å²) in [6.07, 6.45) is 2.72. The Balaban J connectivity index is 1.79. The molecule has 0 saturated heterocycles. The first-order valence-electron chi connectivity index (χ1n) is 7.80. The van der Waals surface area contributed by atoms with Crippen LogP contribution in [0.1, 0.15) is 0 Å². The number of anilines is 1. The highest BCUT2D eigenvalue weighted by atomic mass is 32.2. The van der Waals surface area contributed by atoms with Crippen LogP contribution in [0, 0.1) is 0 Å². The third-order valence-electron chi connectivity index (χ3n) is 3.99. The molecule has 0 aliphatic heterocycles. The lowest BCUT2D eigenvalue weighted by atomic mass is 10.1. The fourth-order valence-electron chi connectivity index (χ4n) is 2.65. The molecule has 7 nitrogen and oxygen atoms in total. The average Bonchev–Trinajstić information content (AvgIpc) is 3.05. The number of aromatic nitrogens is 4. The number of para-hydroxylation sites is 2. The summed E-state index contributed by atoms with van der Waals surface area (Å²) in [5.74, 6) is 0.798. The molecule has 4 aromatic rings. The zero-order valence-corrected chi connectivity index (χ0v) is 14.7. The number of hydrogen-bond donors (Lipinski definition) is 2. The molecule has 8 heteroatoms. The van der Waals surface area contributed by atoms with Crippen LogP contribution >= 0.6 is 0 Å². The molecular weight excluding hydrogens is 350 g/mol. The van der Waals surface area contributed by atoms with E-state index < -0.39 is 9.84 Å². The molecule has 0 unspecified atom stereocenters. The van der Waals surface area contributed by atoms with Gasteiger partial charge in [0.25, 0.3) is 0 Å². The van der Waals surface area contributed by atoms with Crippen molar-refractivity contribution in [2.45, 2.75) is 4.90 Å².